The van der Waals surface area contributed by atoms with Crippen molar-refractivity contribution in [2.24, 2.45) is 0 Å². The summed E-state index contributed by atoms with van der Waals surface area (Å²) in [6, 6.07) is 3.44. The molecule has 0 saturated carbocycles. The predicted octanol–water partition coefficient (Wildman–Crippen LogP) is 0.258. The SMILES string of the molecule is O=C(O)c1cccc(C(=O)O)c1C(=O)CO. The van der Waals surface area contributed by atoms with Crippen LogP contribution in [-0.4, -0.2) is 39.6 Å². The van der Waals surface area contributed by atoms with Gasteiger partial charge in [-0.2, -0.15) is 0 Å². The Morgan fingerprint density at radius 1 is 1.00 bits per heavy atom. The molecule has 0 heterocycles. The number of rotatable bonds is 4. The maximum absolute atomic E-state index is 11.3. The van der Waals surface area contributed by atoms with Gasteiger partial charge in [0.05, 0.1) is 11.1 Å². The number of carboxylic acids is 2. The monoisotopic (exact) mass is 224 g/mol. The summed E-state index contributed by atoms with van der Waals surface area (Å²) in [7, 11) is 0. The maximum Gasteiger partial charge on any atom is 0.336 e. The Hall–Kier alpha value is -2.21. The molecule has 0 amide bonds. The van der Waals surface area contributed by atoms with Crippen LogP contribution in [-0.2, 0) is 0 Å². The molecule has 0 fully saturated rings. The molecule has 0 aliphatic rings. The van der Waals surface area contributed by atoms with E-state index in [-0.39, 0.29) is 0 Å². The quantitative estimate of drug-likeness (QED) is 0.632. The number of hydrogen-bond acceptors (Lipinski definition) is 4. The lowest BCUT2D eigenvalue weighted by atomic mass is 9.97. The lowest BCUT2D eigenvalue weighted by molar-refractivity contribution is 0.0684. The first-order chi connectivity index (χ1) is 7.49. The Morgan fingerprint density at radius 2 is 1.44 bits per heavy atom. The fourth-order valence-corrected chi connectivity index (χ4v) is 1.29. The molecular formula is C10H8O6. The smallest absolute Gasteiger partial charge is 0.336 e. The number of carbonyl (C=O) groups is 3. The van der Waals surface area contributed by atoms with Crippen molar-refractivity contribution in [1.82, 2.24) is 0 Å². The zero-order chi connectivity index (χ0) is 12.3. The van der Waals surface area contributed by atoms with Gasteiger partial charge in [0.2, 0.25) is 0 Å². The molecule has 0 aromatic heterocycles. The van der Waals surface area contributed by atoms with Crippen molar-refractivity contribution >= 4 is 17.7 Å². The van der Waals surface area contributed by atoms with Gasteiger partial charge in [0.15, 0.2) is 5.78 Å². The van der Waals surface area contributed by atoms with Crippen LogP contribution in [0.2, 0.25) is 0 Å². The van der Waals surface area contributed by atoms with Gasteiger partial charge >= 0.3 is 11.9 Å². The zero-order valence-corrected chi connectivity index (χ0v) is 8.01. The fourth-order valence-electron chi connectivity index (χ4n) is 1.29. The predicted molar refractivity (Wildman–Crippen MR) is 51.8 cm³/mol. The molecule has 0 radical (unpaired) electrons. The van der Waals surface area contributed by atoms with Crippen LogP contribution in [0, 0.1) is 0 Å². The van der Waals surface area contributed by atoms with Crippen LogP contribution in [0.25, 0.3) is 0 Å². The number of hydrogen-bond donors (Lipinski definition) is 3. The number of carbonyl (C=O) groups excluding carboxylic acids is 1. The van der Waals surface area contributed by atoms with Gasteiger partial charge in [-0.25, -0.2) is 9.59 Å². The molecule has 3 N–H and O–H groups in total. The third kappa shape index (κ3) is 2.06. The lowest BCUT2D eigenvalue weighted by Crippen LogP contribution is -2.17. The van der Waals surface area contributed by atoms with Crippen LogP contribution < -0.4 is 0 Å². The van der Waals surface area contributed by atoms with Crippen LogP contribution in [0.5, 0.6) is 0 Å². The molecule has 16 heavy (non-hydrogen) atoms. The summed E-state index contributed by atoms with van der Waals surface area (Å²) >= 11 is 0. The molecule has 6 heteroatoms. The maximum atomic E-state index is 11.3. The first-order valence-electron chi connectivity index (χ1n) is 4.22. The van der Waals surface area contributed by atoms with Gasteiger partial charge in [-0.3, -0.25) is 4.79 Å². The summed E-state index contributed by atoms with van der Waals surface area (Å²) in [6.07, 6.45) is 0. The normalized spacial score (nSPS) is 9.81. The molecule has 0 bridgehead atoms. The van der Waals surface area contributed by atoms with E-state index in [2.05, 4.69) is 0 Å². The number of Topliss-reactive ketones (excluding diaryl/α,β-unsaturated/α-hetero) is 1. The highest BCUT2D eigenvalue weighted by Gasteiger charge is 2.22. The van der Waals surface area contributed by atoms with E-state index in [1.54, 1.807) is 0 Å². The van der Waals surface area contributed by atoms with Crippen molar-refractivity contribution in [2.75, 3.05) is 6.61 Å². The molecule has 0 spiro atoms. The standard InChI is InChI=1S/C10H8O6/c11-4-7(12)8-5(9(13)14)2-1-3-6(8)10(15)16/h1-3,11H,4H2,(H,13,14)(H,15,16). The molecule has 6 nitrogen and oxygen atoms in total. The number of carboxylic acid groups (broad SMARTS) is 2. The van der Waals surface area contributed by atoms with E-state index >= 15 is 0 Å². The molecule has 0 aliphatic carbocycles. The summed E-state index contributed by atoms with van der Waals surface area (Å²) < 4.78 is 0. The number of aliphatic hydroxyl groups is 1. The van der Waals surface area contributed by atoms with Crippen LogP contribution in [0.15, 0.2) is 18.2 Å². The molecule has 0 saturated heterocycles. The second-order valence-corrected chi connectivity index (χ2v) is 2.92. The average molecular weight is 224 g/mol. The van der Waals surface area contributed by atoms with E-state index < -0.39 is 41.0 Å². The largest absolute Gasteiger partial charge is 0.478 e. The zero-order valence-electron chi connectivity index (χ0n) is 8.01. The molecule has 1 aromatic carbocycles. The summed E-state index contributed by atoms with van der Waals surface area (Å²) in [5, 5.41) is 26.2. The minimum absolute atomic E-state index is 0.432. The van der Waals surface area contributed by atoms with E-state index in [1.165, 1.54) is 6.07 Å². The molecule has 84 valence electrons. The number of ketones is 1. The van der Waals surface area contributed by atoms with E-state index in [1.807, 2.05) is 0 Å². The Bertz CT molecular complexity index is 430. The molecule has 0 unspecified atom stereocenters. The van der Waals surface area contributed by atoms with E-state index in [0.717, 1.165) is 12.1 Å². The molecular weight excluding hydrogens is 216 g/mol. The summed E-state index contributed by atoms with van der Waals surface area (Å²) in [5.41, 5.74) is -1.34. The van der Waals surface area contributed by atoms with Gasteiger partial charge in [-0.1, -0.05) is 6.07 Å². The second kappa shape index (κ2) is 4.54. The Labute approximate surface area is 89.8 Å². The van der Waals surface area contributed by atoms with Crippen molar-refractivity contribution in [3.05, 3.63) is 34.9 Å². The van der Waals surface area contributed by atoms with Crippen LogP contribution in [0.1, 0.15) is 31.1 Å². The Morgan fingerprint density at radius 3 is 1.75 bits per heavy atom. The van der Waals surface area contributed by atoms with Crippen molar-refractivity contribution in [1.29, 1.82) is 0 Å². The van der Waals surface area contributed by atoms with Crippen LogP contribution >= 0.6 is 0 Å². The van der Waals surface area contributed by atoms with Gasteiger partial charge < -0.3 is 15.3 Å². The topological polar surface area (TPSA) is 112 Å². The highest BCUT2D eigenvalue weighted by Crippen LogP contribution is 2.16. The van der Waals surface area contributed by atoms with Crippen LogP contribution in [0.3, 0.4) is 0 Å². The molecule has 0 atom stereocenters. The van der Waals surface area contributed by atoms with Gasteiger partial charge in [0.25, 0.3) is 0 Å². The van der Waals surface area contributed by atoms with E-state index in [4.69, 9.17) is 15.3 Å². The molecule has 1 aromatic rings. The fraction of sp³-hybridized carbons (Fsp3) is 0.100. The average Bonchev–Trinajstić information content (AvgIpc) is 2.26. The van der Waals surface area contributed by atoms with E-state index in [9.17, 15) is 14.4 Å². The molecule has 1 rings (SSSR count). The highest BCUT2D eigenvalue weighted by molar-refractivity contribution is 6.12. The van der Waals surface area contributed by atoms with Gasteiger partial charge in [-0.15, -0.1) is 0 Å². The highest BCUT2D eigenvalue weighted by atomic mass is 16.4. The third-order valence-corrected chi connectivity index (χ3v) is 1.95. The lowest BCUT2D eigenvalue weighted by Gasteiger charge is -2.06. The Balaban J connectivity index is 3.53. The summed E-state index contributed by atoms with van der Waals surface area (Å²) in [4.78, 5) is 32.9. The minimum atomic E-state index is -1.42. The van der Waals surface area contributed by atoms with E-state index in [0.29, 0.717) is 0 Å². The number of aliphatic hydroxyl groups excluding tert-OH is 1. The van der Waals surface area contributed by atoms with Crippen molar-refractivity contribution < 1.29 is 29.7 Å². The van der Waals surface area contributed by atoms with Crippen molar-refractivity contribution in [2.45, 2.75) is 0 Å². The third-order valence-electron chi connectivity index (χ3n) is 1.95. The second-order valence-electron chi connectivity index (χ2n) is 2.92. The van der Waals surface area contributed by atoms with Crippen molar-refractivity contribution in [3.63, 3.8) is 0 Å². The first-order valence-corrected chi connectivity index (χ1v) is 4.22. The Kier molecular flexibility index (Phi) is 3.37. The number of benzene rings is 1. The minimum Gasteiger partial charge on any atom is -0.478 e. The molecule has 0 aliphatic heterocycles. The van der Waals surface area contributed by atoms with Gasteiger partial charge in [0.1, 0.15) is 6.61 Å². The number of aromatic carboxylic acids is 2. The summed E-state index contributed by atoms with van der Waals surface area (Å²) in [6.45, 7) is -0.940. The van der Waals surface area contributed by atoms with Crippen LogP contribution in [0.4, 0.5) is 0 Å². The summed E-state index contributed by atoms with van der Waals surface area (Å²) in [5.74, 6) is -3.77. The van der Waals surface area contributed by atoms with Crippen molar-refractivity contribution in [3.8, 4) is 0 Å². The van der Waals surface area contributed by atoms with Gasteiger partial charge in [-0.05, 0) is 12.1 Å². The van der Waals surface area contributed by atoms with Gasteiger partial charge in [0, 0.05) is 5.56 Å². The first kappa shape index (κ1) is 11.9.